The van der Waals surface area contributed by atoms with E-state index in [1.165, 1.54) is 4.90 Å². The van der Waals surface area contributed by atoms with Crippen molar-refractivity contribution in [3.63, 3.8) is 0 Å². The number of furan rings is 1. The number of aliphatic hydroxyl groups excluding tert-OH is 1. The summed E-state index contributed by atoms with van der Waals surface area (Å²) in [4.78, 5) is 29.6. The van der Waals surface area contributed by atoms with Gasteiger partial charge in [-0.1, -0.05) is 29.8 Å². The van der Waals surface area contributed by atoms with Crippen molar-refractivity contribution in [2.75, 3.05) is 27.2 Å². The van der Waals surface area contributed by atoms with Crippen LogP contribution in [0, 0.1) is 13.8 Å². The zero-order valence-corrected chi connectivity index (χ0v) is 21.2. The Bertz CT molecular complexity index is 1270. The van der Waals surface area contributed by atoms with E-state index in [4.69, 9.17) is 9.15 Å². The second-order valence-corrected chi connectivity index (χ2v) is 9.40. The Hall–Kier alpha value is -3.84. The summed E-state index contributed by atoms with van der Waals surface area (Å²) in [5.41, 5.74) is 2.69. The minimum Gasteiger partial charge on any atom is -0.507 e. The van der Waals surface area contributed by atoms with Crippen LogP contribution >= 0.6 is 0 Å². The zero-order chi connectivity index (χ0) is 25.8. The average molecular weight is 489 g/mol. The molecule has 36 heavy (non-hydrogen) atoms. The highest BCUT2D eigenvalue weighted by Gasteiger charge is 2.47. The fourth-order valence-electron chi connectivity index (χ4n) is 4.40. The molecule has 0 spiro atoms. The number of aryl methyl sites for hydroxylation is 2. The van der Waals surface area contributed by atoms with Crippen LogP contribution in [0.4, 0.5) is 0 Å². The number of rotatable bonds is 9. The Morgan fingerprint density at radius 1 is 1.06 bits per heavy atom. The summed E-state index contributed by atoms with van der Waals surface area (Å²) in [6.45, 7) is 5.39. The first-order valence-corrected chi connectivity index (χ1v) is 12.0. The SMILES string of the molecule is Cc1cccc(COc2ccc(/C(O)=C3\C(=O)C(=O)N(CCCN(C)C)[C@H]3c3ccc(C)o3)cc2)c1. The third-order valence-electron chi connectivity index (χ3n) is 6.19. The third kappa shape index (κ3) is 5.52. The lowest BCUT2D eigenvalue weighted by atomic mass is 9.99. The Labute approximate surface area is 211 Å². The number of carbonyl (C=O) groups excluding carboxylic acids is 2. The molecule has 1 aliphatic rings. The van der Waals surface area contributed by atoms with Crippen LogP contribution in [0.5, 0.6) is 5.75 Å². The molecule has 2 heterocycles. The smallest absolute Gasteiger partial charge is 0.295 e. The van der Waals surface area contributed by atoms with E-state index in [9.17, 15) is 14.7 Å². The van der Waals surface area contributed by atoms with Gasteiger partial charge in [0.05, 0.1) is 5.57 Å². The van der Waals surface area contributed by atoms with Gasteiger partial charge in [0, 0.05) is 12.1 Å². The summed E-state index contributed by atoms with van der Waals surface area (Å²) in [6, 6.07) is 17.7. The standard InChI is InChI=1S/C29H32N2O5/c1-19-7-5-8-21(17-19)18-35-23-12-10-22(11-13-23)27(32)25-26(24-14-9-20(2)36-24)31(29(34)28(25)33)16-6-15-30(3)4/h5,7-14,17,26,32H,6,15-16,18H2,1-4H3/b27-25+/t26-/m0/s1. The van der Waals surface area contributed by atoms with E-state index in [1.54, 1.807) is 43.3 Å². The monoisotopic (exact) mass is 488 g/mol. The van der Waals surface area contributed by atoms with Crippen LogP contribution in [0.3, 0.4) is 0 Å². The minimum atomic E-state index is -0.780. The number of hydrogen-bond donors (Lipinski definition) is 1. The van der Waals surface area contributed by atoms with Gasteiger partial charge in [-0.15, -0.1) is 0 Å². The van der Waals surface area contributed by atoms with Gasteiger partial charge in [0.1, 0.15) is 35.7 Å². The molecular weight excluding hydrogens is 456 g/mol. The molecule has 1 atom stereocenters. The van der Waals surface area contributed by atoms with Crippen molar-refractivity contribution < 1.29 is 23.8 Å². The largest absolute Gasteiger partial charge is 0.507 e. The van der Waals surface area contributed by atoms with E-state index >= 15 is 0 Å². The van der Waals surface area contributed by atoms with Gasteiger partial charge in [0.2, 0.25) is 0 Å². The summed E-state index contributed by atoms with van der Waals surface area (Å²) in [7, 11) is 3.91. The molecule has 0 radical (unpaired) electrons. The molecule has 3 aromatic rings. The maximum absolute atomic E-state index is 13.1. The maximum atomic E-state index is 13.1. The van der Waals surface area contributed by atoms with Crippen LogP contribution in [-0.4, -0.2) is 53.8 Å². The molecule has 7 heteroatoms. The Kier molecular flexibility index (Phi) is 7.60. The molecule has 0 unspecified atom stereocenters. The normalized spacial score (nSPS) is 17.2. The van der Waals surface area contributed by atoms with Crippen LogP contribution in [0.15, 0.2) is 70.7 Å². The van der Waals surface area contributed by atoms with E-state index in [0.717, 1.165) is 17.7 Å². The number of carbonyl (C=O) groups is 2. The first-order valence-electron chi connectivity index (χ1n) is 12.0. The van der Waals surface area contributed by atoms with Crippen LogP contribution in [0.25, 0.3) is 5.76 Å². The molecule has 1 aromatic heterocycles. The van der Waals surface area contributed by atoms with Gasteiger partial charge in [-0.25, -0.2) is 0 Å². The molecule has 1 amide bonds. The quantitative estimate of drug-likeness (QED) is 0.263. The zero-order valence-electron chi connectivity index (χ0n) is 21.2. The Morgan fingerprint density at radius 2 is 1.81 bits per heavy atom. The lowest BCUT2D eigenvalue weighted by Crippen LogP contribution is -2.32. The van der Waals surface area contributed by atoms with E-state index in [1.807, 2.05) is 44.1 Å². The highest BCUT2D eigenvalue weighted by atomic mass is 16.5. The summed E-state index contributed by atoms with van der Waals surface area (Å²) in [5, 5.41) is 11.2. The van der Waals surface area contributed by atoms with Gasteiger partial charge in [-0.05, 0) is 82.9 Å². The summed E-state index contributed by atoms with van der Waals surface area (Å²) in [5.74, 6) is 0.182. The fraction of sp³-hybridized carbons (Fsp3) is 0.310. The van der Waals surface area contributed by atoms with E-state index < -0.39 is 17.7 Å². The molecule has 0 bridgehead atoms. The molecule has 1 fully saturated rings. The summed E-state index contributed by atoms with van der Waals surface area (Å²) in [6.07, 6.45) is 0.684. The van der Waals surface area contributed by atoms with E-state index in [2.05, 4.69) is 6.07 Å². The summed E-state index contributed by atoms with van der Waals surface area (Å²) < 4.78 is 11.7. The van der Waals surface area contributed by atoms with Gasteiger partial charge < -0.3 is 24.1 Å². The number of amides is 1. The predicted molar refractivity (Wildman–Crippen MR) is 138 cm³/mol. The first-order chi connectivity index (χ1) is 17.2. The Morgan fingerprint density at radius 3 is 2.44 bits per heavy atom. The molecule has 188 valence electrons. The van der Waals surface area contributed by atoms with Crippen molar-refractivity contribution in [3.05, 3.63) is 94.4 Å². The van der Waals surface area contributed by atoms with Crippen molar-refractivity contribution in [3.8, 4) is 5.75 Å². The lowest BCUT2D eigenvalue weighted by Gasteiger charge is -2.24. The van der Waals surface area contributed by atoms with Crippen molar-refractivity contribution >= 4 is 17.4 Å². The van der Waals surface area contributed by atoms with Crippen LogP contribution in [0.1, 0.15) is 40.7 Å². The molecule has 1 saturated heterocycles. The molecule has 0 aliphatic carbocycles. The second kappa shape index (κ2) is 10.8. The van der Waals surface area contributed by atoms with Crippen LogP contribution in [0.2, 0.25) is 0 Å². The molecular formula is C29H32N2O5. The molecule has 1 aliphatic heterocycles. The van der Waals surface area contributed by atoms with Gasteiger partial charge in [-0.2, -0.15) is 0 Å². The Balaban J connectivity index is 1.60. The second-order valence-electron chi connectivity index (χ2n) is 9.40. The first kappa shape index (κ1) is 25.3. The van der Waals surface area contributed by atoms with Gasteiger partial charge >= 0.3 is 0 Å². The number of ether oxygens (including phenoxy) is 1. The van der Waals surface area contributed by atoms with Crippen molar-refractivity contribution in [1.82, 2.24) is 9.80 Å². The molecule has 7 nitrogen and oxygen atoms in total. The number of aliphatic hydroxyl groups is 1. The average Bonchev–Trinajstić information content (AvgIpc) is 3.38. The number of benzene rings is 2. The predicted octanol–water partition coefficient (Wildman–Crippen LogP) is 4.85. The highest BCUT2D eigenvalue weighted by Crippen LogP contribution is 2.40. The van der Waals surface area contributed by atoms with Gasteiger partial charge in [0.15, 0.2) is 0 Å². The van der Waals surface area contributed by atoms with Gasteiger partial charge in [-0.3, -0.25) is 9.59 Å². The number of likely N-dealkylation sites (tertiary alicyclic amines) is 1. The van der Waals surface area contributed by atoms with Crippen LogP contribution in [-0.2, 0) is 16.2 Å². The summed E-state index contributed by atoms with van der Waals surface area (Å²) >= 11 is 0. The van der Waals surface area contributed by atoms with Crippen LogP contribution < -0.4 is 4.74 Å². The van der Waals surface area contributed by atoms with Crippen molar-refractivity contribution in [2.45, 2.75) is 32.9 Å². The fourth-order valence-corrected chi connectivity index (χ4v) is 4.40. The number of nitrogens with zero attached hydrogens (tertiary/aromatic N) is 2. The number of hydrogen-bond acceptors (Lipinski definition) is 6. The maximum Gasteiger partial charge on any atom is 0.295 e. The topological polar surface area (TPSA) is 83.2 Å². The minimum absolute atomic E-state index is 0.0348. The van der Waals surface area contributed by atoms with E-state index in [-0.39, 0.29) is 11.3 Å². The third-order valence-corrected chi connectivity index (χ3v) is 6.19. The van der Waals surface area contributed by atoms with E-state index in [0.29, 0.717) is 42.4 Å². The van der Waals surface area contributed by atoms with Crippen molar-refractivity contribution in [1.29, 1.82) is 0 Å². The molecule has 1 N–H and O–H groups in total. The highest BCUT2D eigenvalue weighted by molar-refractivity contribution is 6.46. The van der Waals surface area contributed by atoms with Gasteiger partial charge in [0.25, 0.3) is 11.7 Å². The molecule has 4 rings (SSSR count). The molecule has 2 aromatic carbocycles. The number of Topliss-reactive ketones (excluding diaryl/α,β-unsaturated/α-hetero) is 1. The molecule has 0 saturated carbocycles. The lowest BCUT2D eigenvalue weighted by molar-refractivity contribution is -0.140. The van der Waals surface area contributed by atoms with Crippen molar-refractivity contribution in [2.24, 2.45) is 0 Å². The number of ketones is 1.